The number of benzene rings is 1. The van der Waals surface area contributed by atoms with E-state index in [-0.39, 0.29) is 12.2 Å². The topological polar surface area (TPSA) is 41.1 Å². The van der Waals surface area contributed by atoms with Crippen molar-refractivity contribution in [3.05, 3.63) is 29.6 Å². The molecule has 2 rings (SSSR count). The highest BCUT2D eigenvalue weighted by Gasteiger charge is 2.21. The summed E-state index contributed by atoms with van der Waals surface area (Å²) in [4.78, 5) is 11.3. The maximum atomic E-state index is 13.2. The highest BCUT2D eigenvalue weighted by molar-refractivity contribution is 5.92. The van der Waals surface area contributed by atoms with Crippen molar-refractivity contribution in [3.8, 4) is 0 Å². The number of anilines is 1. The fourth-order valence-corrected chi connectivity index (χ4v) is 1.34. The molecule has 17 heavy (non-hydrogen) atoms. The molecule has 6 heteroatoms. The van der Waals surface area contributed by atoms with Crippen LogP contribution in [0, 0.1) is 17.5 Å². The van der Waals surface area contributed by atoms with E-state index in [2.05, 4.69) is 10.6 Å². The quantitative estimate of drug-likeness (QED) is 0.793. The number of carbonyl (C=O) groups is 1. The van der Waals surface area contributed by atoms with Crippen molar-refractivity contribution in [1.82, 2.24) is 5.32 Å². The lowest BCUT2D eigenvalue weighted by molar-refractivity contribution is -0.115. The smallest absolute Gasteiger partial charge is 0.238 e. The minimum absolute atomic E-state index is 0.0309. The zero-order chi connectivity index (χ0) is 12.4. The fourth-order valence-electron chi connectivity index (χ4n) is 1.34. The summed E-state index contributed by atoms with van der Waals surface area (Å²) < 4.78 is 38.6. The van der Waals surface area contributed by atoms with E-state index in [0.29, 0.717) is 18.2 Å². The maximum Gasteiger partial charge on any atom is 0.238 e. The van der Waals surface area contributed by atoms with Gasteiger partial charge in [0.25, 0.3) is 0 Å². The Hall–Kier alpha value is -1.56. The predicted molar refractivity (Wildman–Crippen MR) is 56.0 cm³/mol. The third-order valence-corrected chi connectivity index (χ3v) is 2.41. The van der Waals surface area contributed by atoms with Crippen molar-refractivity contribution in [3.63, 3.8) is 0 Å². The van der Waals surface area contributed by atoms with Crippen molar-refractivity contribution < 1.29 is 18.0 Å². The second kappa shape index (κ2) is 4.75. The Bertz CT molecular complexity index is 447. The number of halogens is 3. The Labute approximate surface area is 96.0 Å². The van der Waals surface area contributed by atoms with Crippen LogP contribution in [0.3, 0.4) is 0 Å². The Balaban J connectivity index is 1.96. The molecule has 2 N–H and O–H groups in total. The first kappa shape index (κ1) is 11.9. The molecule has 0 radical (unpaired) electrons. The van der Waals surface area contributed by atoms with E-state index in [4.69, 9.17) is 0 Å². The van der Waals surface area contributed by atoms with Crippen LogP contribution in [0.25, 0.3) is 0 Å². The van der Waals surface area contributed by atoms with Crippen LogP contribution in [-0.4, -0.2) is 18.5 Å². The average molecular weight is 244 g/mol. The van der Waals surface area contributed by atoms with E-state index < -0.39 is 23.4 Å². The summed E-state index contributed by atoms with van der Waals surface area (Å²) in [5, 5.41) is 5.10. The lowest BCUT2D eigenvalue weighted by Gasteiger charge is -2.07. The van der Waals surface area contributed by atoms with Gasteiger partial charge in [0.2, 0.25) is 5.91 Å². The monoisotopic (exact) mass is 244 g/mol. The first-order valence-electron chi connectivity index (χ1n) is 5.24. The number of hydrogen-bond donors (Lipinski definition) is 2. The number of amides is 1. The van der Waals surface area contributed by atoms with Crippen LogP contribution >= 0.6 is 0 Å². The van der Waals surface area contributed by atoms with Gasteiger partial charge in [-0.05, 0) is 12.8 Å². The zero-order valence-corrected chi connectivity index (χ0v) is 8.90. The molecule has 1 aromatic carbocycles. The highest BCUT2D eigenvalue weighted by Crippen LogP contribution is 2.19. The summed E-state index contributed by atoms with van der Waals surface area (Å²) in [7, 11) is 0. The normalized spacial score (nSPS) is 14.8. The maximum absolute atomic E-state index is 13.2. The molecule has 1 saturated carbocycles. The SMILES string of the molecule is O=C(CNC1CC1)Nc1cc(F)c(F)cc1F. The molecule has 0 saturated heterocycles. The molecular formula is C11H11F3N2O. The summed E-state index contributed by atoms with van der Waals surface area (Å²) in [6.07, 6.45) is 2.04. The van der Waals surface area contributed by atoms with Gasteiger partial charge in [0.1, 0.15) is 5.82 Å². The molecule has 0 unspecified atom stereocenters. The van der Waals surface area contributed by atoms with Gasteiger partial charge in [-0.15, -0.1) is 0 Å². The van der Waals surface area contributed by atoms with Gasteiger partial charge in [-0.2, -0.15) is 0 Å². The van der Waals surface area contributed by atoms with Gasteiger partial charge in [0.15, 0.2) is 11.6 Å². The molecule has 0 heterocycles. The van der Waals surface area contributed by atoms with Crippen LogP contribution in [0.5, 0.6) is 0 Å². The summed E-state index contributed by atoms with van der Waals surface area (Å²) in [6, 6.07) is 1.37. The van der Waals surface area contributed by atoms with E-state index in [0.717, 1.165) is 12.8 Å². The van der Waals surface area contributed by atoms with E-state index in [1.165, 1.54) is 0 Å². The molecular weight excluding hydrogens is 233 g/mol. The van der Waals surface area contributed by atoms with Gasteiger partial charge < -0.3 is 10.6 Å². The van der Waals surface area contributed by atoms with Crippen LogP contribution < -0.4 is 10.6 Å². The lowest BCUT2D eigenvalue weighted by Crippen LogP contribution is -2.29. The molecule has 0 aromatic heterocycles. The largest absolute Gasteiger partial charge is 0.322 e. The van der Waals surface area contributed by atoms with Crippen molar-refractivity contribution in [2.75, 3.05) is 11.9 Å². The molecule has 1 amide bonds. The first-order valence-corrected chi connectivity index (χ1v) is 5.24. The molecule has 92 valence electrons. The van der Waals surface area contributed by atoms with E-state index in [9.17, 15) is 18.0 Å². The predicted octanol–water partition coefficient (Wildman–Crippen LogP) is 1.79. The summed E-state index contributed by atoms with van der Waals surface area (Å²) in [5.74, 6) is -3.96. The second-order valence-corrected chi connectivity index (χ2v) is 3.95. The number of hydrogen-bond acceptors (Lipinski definition) is 2. The van der Waals surface area contributed by atoms with E-state index >= 15 is 0 Å². The van der Waals surface area contributed by atoms with Gasteiger partial charge in [-0.3, -0.25) is 4.79 Å². The molecule has 1 aromatic rings. The molecule has 1 aliphatic carbocycles. The Morgan fingerprint density at radius 1 is 1.18 bits per heavy atom. The molecule has 3 nitrogen and oxygen atoms in total. The first-order chi connectivity index (χ1) is 8.06. The average Bonchev–Trinajstić information content (AvgIpc) is 3.07. The second-order valence-electron chi connectivity index (χ2n) is 3.95. The Morgan fingerprint density at radius 3 is 2.47 bits per heavy atom. The van der Waals surface area contributed by atoms with Crippen LogP contribution in [0.15, 0.2) is 12.1 Å². The molecule has 0 spiro atoms. The molecule has 0 atom stereocenters. The van der Waals surface area contributed by atoms with E-state index in [1.54, 1.807) is 0 Å². The molecule has 0 aliphatic heterocycles. The summed E-state index contributed by atoms with van der Waals surface area (Å²) in [5.41, 5.74) is -0.355. The van der Waals surface area contributed by atoms with Crippen molar-refractivity contribution in [2.45, 2.75) is 18.9 Å². The van der Waals surface area contributed by atoms with Gasteiger partial charge in [0.05, 0.1) is 12.2 Å². The third kappa shape index (κ3) is 3.20. The Kier molecular flexibility index (Phi) is 3.33. The van der Waals surface area contributed by atoms with Gasteiger partial charge >= 0.3 is 0 Å². The van der Waals surface area contributed by atoms with Crippen molar-refractivity contribution in [1.29, 1.82) is 0 Å². The van der Waals surface area contributed by atoms with Crippen LogP contribution in [0.1, 0.15) is 12.8 Å². The lowest BCUT2D eigenvalue weighted by atomic mass is 10.3. The molecule has 1 fully saturated rings. The number of carbonyl (C=O) groups excluding carboxylic acids is 1. The minimum atomic E-state index is -1.28. The third-order valence-electron chi connectivity index (χ3n) is 2.41. The van der Waals surface area contributed by atoms with E-state index in [1.807, 2.05) is 0 Å². The molecule has 0 bridgehead atoms. The van der Waals surface area contributed by atoms with Crippen molar-refractivity contribution >= 4 is 11.6 Å². The standard InChI is InChI=1S/C11H11F3N2O/c12-7-3-9(14)10(4-8(7)13)16-11(17)5-15-6-1-2-6/h3-4,6,15H,1-2,5H2,(H,16,17). The van der Waals surface area contributed by atoms with Crippen LogP contribution in [-0.2, 0) is 4.79 Å². The van der Waals surface area contributed by atoms with Crippen molar-refractivity contribution in [2.24, 2.45) is 0 Å². The Morgan fingerprint density at radius 2 is 1.82 bits per heavy atom. The van der Waals surface area contributed by atoms with Crippen LogP contribution in [0.2, 0.25) is 0 Å². The minimum Gasteiger partial charge on any atom is -0.322 e. The number of rotatable bonds is 4. The highest BCUT2D eigenvalue weighted by atomic mass is 19.2. The van der Waals surface area contributed by atoms with Gasteiger partial charge in [-0.25, -0.2) is 13.2 Å². The summed E-state index contributed by atoms with van der Waals surface area (Å²) in [6.45, 7) is 0.0309. The van der Waals surface area contributed by atoms with Gasteiger partial charge in [-0.1, -0.05) is 0 Å². The zero-order valence-electron chi connectivity index (χ0n) is 8.90. The summed E-state index contributed by atoms with van der Waals surface area (Å²) >= 11 is 0. The fraction of sp³-hybridized carbons (Fsp3) is 0.364. The van der Waals surface area contributed by atoms with Gasteiger partial charge in [0, 0.05) is 18.2 Å². The molecule has 1 aliphatic rings. The number of nitrogens with one attached hydrogen (secondary N) is 2. The van der Waals surface area contributed by atoms with Crippen LogP contribution in [0.4, 0.5) is 18.9 Å².